The van der Waals surface area contributed by atoms with Gasteiger partial charge >= 0.3 is 5.97 Å². The van der Waals surface area contributed by atoms with Crippen molar-refractivity contribution in [1.29, 1.82) is 0 Å². The first kappa shape index (κ1) is 15.0. The van der Waals surface area contributed by atoms with Crippen molar-refractivity contribution in [2.45, 2.75) is 13.3 Å². The molecule has 2 N–H and O–H groups in total. The van der Waals surface area contributed by atoms with E-state index in [1.165, 1.54) is 4.68 Å². The largest absolute Gasteiger partial charge is 0.477 e. The van der Waals surface area contributed by atoms with Crippen molar-refractivity contribution in [3.8, 4) is 5.69 Å². The second kappa shape index (κ2) is 5.96. The number of benzene rings is 1. The van der Waals surface area contributed by atoms with Crippen LogP contribution < -0.4 is 4.72 Å². The minimum Gasteiger partial charge on any atom is -0.477 e. The zero-order valence-corrected chi connectivity index (χ0v) is 12.2. The molecule has 0 aliphatic carbocycles. The van der Waals surface area contributed by atoms with Gasteiger partial charge in [-0.05, 0) is 18.6 Å². The summed E-state index contributed by atoms with van der Waals surface area (Å²) in [6.45, 7) is 1.73. The van der Waals surface area contributed by atoms with Crippen LogP contribution in [0.3, 0.4) is 0 Å². The third-order valence-electron chi connectivity index (χ3n) is 2.73. The molecule has 0 fully saturated rings. The van der Waals surface area contributed by atoms with Crippen LogP contribution in [0.4, 0.5) is 5.82 Å². The van der Waals surface area contributed by atoms with E-state index in [9.17, 15) is 13.2 Å². The summed E-state index contributed by atoms with van der Waals surface area (Å²) in [6.07, 6.45) is 1.55. The predicted octanol–water partition coefficient (Wildman–Crippen LogP) is 1.72. The van der Waals surface area contributed by atoms with Crippen molar-refractivity contribution in [3.63, 3.8) is 0 Å². The number of carboxylic acid groups (broad SMARTS) is 1. The van der Waals surface area contributed by atoms with Gasteiger partial charge in [0.05, 0.1) is 17.6 Å². The molecule has 0 unspecified atom stereocenters. The Hall–Kier alpha value is -2.35. The molecule has 2 rings (SSSR count). The van der Waals surface area contributed by atoms with Crippen LogP contribution in [0.15, 0.2) is 36.5 Å². The van der Waals surface area contributed by atoms with Crippen molar-refractivity contribution in [3.05, 3.63) is 42.1 Å². The average molecular weight is 309 g/mol. The van der Waals surface area contributed by atoms with E-state index in [0.29, 0.717) is 12.1 Å². The molecule has 0 saturated carbocycles. The Labute approximate surface area is 122 Å². The Bertz CT molecular complexity index is 738. The molecule has 0 bridgehead atoms. The maximum absolute atomic E-state index is 11.9. The van der Waals surface area contributed by atoms with Crippen molar-refractivity contribution in [2.75, 3.05) is 10.5 Å². The standard InChI is InChI=1S/C13H15N3O4S/c1-2-8-21(19,20)15-12-11(13(17)18)9-14-16(12)10-6-4-3-5-7-10/h3-7,9,15H,2,8H2,1H3,(H,17,18). The van der Waals surface area contributed by atoms with Gasteiger partial charge in [0.15, 0.2) is 5.82 Å². The molecule has 7 nitrogen and oxygen atoms in total. The highest BCUT2D eigenvalue weighted by molar-refractivity contribution is 7.92. The Balaban J connectivity index is 2.51. The lowest BCUT2D eigenvalue weighted by Crippen LogP contribution is -2.20. The molecule has 0 spiro atoms. The number of para-hydroxylation sites is 1. The van der Waals surface area contributed by atoms with E-state index in [1.807, 2.05) is 0 Å². The van der Waals surface area contributed by atoms with Gasteiger partial charge in [0, 0.05) is 0 Å². The summed E-state index contributed by atoms with van der Waals surface area (Å²) < 4.78 is 27.4. The Morgan fingerprint density at radius 3 is 2.57 bits per heavy atom. The van der Waals surface area contributed by atoms with Gasteiger partial charge in [-0.2, -0.15) is 5.10 Å². The Morgan fingerprint density at radius 1 is 1.33 bits per heavy atom. The molecule has 2 aromatic rings. The van der Waals surface area contributed by atoms with E-state index < -0.39 is 16.0 Å². The molecule has 0 aliphatic rings. The first-order valence-corrected chi connectivity index (χ1v) is 7.97. The predicted molar refractivity (Wildman–Crippen MR) is 78.2 cm³/mol. The van der Waals surface area contributed by atoms with Crippen LogP contribution >= 0.6 is 0 Å². The van der Waals surface area contributed by atoms with Crippen molar-refractivity contribution >= 4 is 21.8 Å². The fourth-order valence-corrected chi connectivity index (χ4v) is 2.97. The van der Waals surface area contributed by atoms with Crippen LogP contribution in [-0.2, 0) is 10.0 Å². The summed E-state index contributed by atoms with van der Waals surface area (Å²) in [7, 11) is -3.62. The van der Waals surface area contributed by atoms with Gasteiger partial charge in [-0.1, -0.05) is 25.1 Å². The second-order valence-electron chi connectivity index (χ2n) is 4.38. The van der Waals surface area contributed by atoms with E-state index in [1.54, 1.807) is 37.3 Å². The second-order valence-corrected chi connectivity index (χ2v) is 6.22. The van der Waals surface area contributed by atoms with Gasteiger partial charge in [0.1, 0.15) is 5.56 Å². The molecule has 0 saturated heterocycles. The highest BCUT2D eigenvalue weighted by atomic mass is 32.2. The third-order valence-corrected chi connectivity index (χ3v) is 4.18. The van der Waals surface area contributed by atoms with Gasteiger partial charge in [0.2, 0.25) is 10.0 Å². The zero-order valence-electron chi connectivity index (χ0n) is 11.4. The SMILES string of the molecule is CCCS(=O)(=O)Nc1c(C(=O)O)cnn1-c1ccccc1. The molecular formula is C13H15N3O4S. The van der Waals surface area contributed by atoms with Gasteiger partial charge in [-0.3, -0.25) is 4.72 Å². The highest BCUT2D eigenvalue weighted by Crippen LogP contribution is 2.21. The summed E-state index contributed by atoms with van der Waals surface area (Å²) in [4.78, 5) is 11.2. The summed E-state index contributed by atoms with van der Waals surface area (Å²) in [5.41, 5.74) is 0.373. The third kappa shape index (κ3) is 3.40. The van der Waals surface area contributed by atoms with Gasteiger partial charge in [-0.15, -0.1) is 0 Å². The van der Waals surface area contributed by atoms with Gasteiger partial charge in [-0.25, -0.2) is 17.9 Å². The fraction of sp³-hybridized carbons (Fsp3) is 0.231. The molecule has 1 heterocycles. The Kier molecular flexibility index (Phi) is 4.27. The summed E-state index contributed by atoms with van der Waals surface area (Å²) in [6, 6.07) is 8.71. The van der Waals surface area contributed by atoms with Gasteiger partial charge < -0.3 is 5.11 Å². The van der Waals surface area contributed by atoms with Crippen molar-refractivity contribution in [2.24, 2.45) is 0 Å². The molecule has 0 radical (unpaired) electrons. The number of hydrogen-bond donors (Lipinski definition) is 2. The number of sulfonamides is 1. The molecule has 8 heteroatoms. The number of anilines is 1. The molecule has 1 aromatic heterocycles. The van der Waals surface area contributed by atoms with E-state index in [0.717, 1.165) is 6.20 Å². The maximum atomic E-state index is 11.9. The molecular weight excluding hydrogens is 294 g/mol. The van der Waals surface area contributed by atoms with Crippen molar-refractivity contribution < 1.29 is 18.3 Å². The maximum Gasteiger partial charge on any atom is 0.341 e. The van der Waals surface area contributed by atoms with Crippen LogP contribution in [0.2, 0.25) is 0 Å². The van der Waals surface area contributed by atoms with Crippen LogP contribution in [0.25, 0.3) is 5.69 Å². The minimum absolute atomic E-state index is 0.0675. The lowest BCUT2D eigenvalue weighted by atomic mass is 10.3. The van der Waals surface area contributed by atoms with Crippen LogP contribution in [0.1, 0.15) is 23.7 Å². The van der Waals surface area contributed by atoms with E-state index in [-0.39, 0.29) is 17.1 Å². The van der Waals surface area contributed by atoms with Crippen LogP contribution in [0.5, 0.6) is 0 Å². The molecule has 0 atom stereocenters. The zero-order chi connectivity index (χ0) is 15.5. The number of carboxylic acids is 1. The Morgan fingerprint density at radius 2 is 2.00 bits per heavy atom. The number of rotatable bonds is 6. The monoisotopic (exact) mass is 309 g/mol. The number of carbonyl (C=O) groups is 1. The van der Waals surface area contributed by atoms with Crippen LogP contribution in [0, 0.1) is 0 Å². The molecule has 0 amide bonds. The van der Waals surface area contributed by atoms with E-state index in [2.05, 4.69) is 9.82 Å². The first-order chi connectivity index (χ1) is 9.94. The van der Waals surface area contributed by atoms with Crippen molar-refractivity contribution in [1.82, 2.24) is 9.78 Å². The summed E-state index contributed by atoms with van der Waals surface area (Å²) >= 11 is 0. The number of nitrogens with zero attached hydrogens (tertiary/aromatic N) is 2. The molecule has 1 aromatic carbocycles. The number of aromatic carboxylic acids is 1. The highest BCUT2D eigenvalue weighted by Gasteiger charge is 2.22. The first-order valence-electron chi connectivity index (χ1n) is 6.32. The normalized spacial score (nSPS) is 11.3. The number of hydrogen-bond acceptors (Lipinski definition) is 4. The van der Waals surface area contributed by atoms with E-state index >= 15 is 0 Å². The number of aromatic nitrogens is 2. The average Bonchev–Trinajstić information content (AvgIpc) is 2.82. The molecule has 21 heavy (non-hydrogen) atoms. The lowest BCUT2D eigenvalue weighted by Gasteiger charge is -2.11. The van der Waals surface area contributed by atoms with Crippen LogP contribution in [-0.4, -0.2) is 35.0 Å². The topological polar surface area (TPSA) is 101 Å². The minimum atomic E-state index is -3.62. The quantitative estimate of drug-likeness (QED) is 0.846. The molecule has 0 aliphatic heterocycles. The van der Waals surface area contributed by atoms with E-state index in [4.69, 9.17) is 5.11 Å². The molecule has 112 valence electrons. The smallest absolute Gasteiger partial charge is 0.341 e. The summed E-state index contributed by atoms with van der Waals surface area (Å²) in [5, 5.41) is 13.1. The lowest BCUT2D eigenvalue weighted by molar-refractivity contribution is 0.0698. The number of nitrogens with one attached hydrogen (secondary N) is 1. The fourth-order valence-electron chi connectivity index (χ4n) is 1.84. The summed E-state index contributed by atoms with van der Waals surface area (Å²) in [5.74, 6) is -1.40. The van der Waals surface area contributed by atoms with Gasteiger partial charge in [0.25, 0.3) is 0 Å².